The zero-order chi connectivity index (χ0) is 23.3. The van der Waals surface area contributed by atoms with Gasteiger partial charge in [0.1, 0.15) is 12.6 Å². The van der Waals surface area contributed by atoms with E-state index in [-0.39, 0.29) is 12.6 Å². The summed E-state index contributed by atoms with van der Waals surface area (Å²) in [4.78, 5) is 25.8. The molecule has 5 heteroatoms. The highest BCUT2D eigenvalue weighted by Gasteiger charge is 2.36. The Morgan fingerprint density at radius 3 is 1.81 bits per heavy atom. The standard InChI is InChI=1S/C27H49NO4/c1-3-5-6-7-8-9-10-11-12-13-14-15-16-17-18-19-24-31-26(29)25-21-20-22-28(25)27(30)32-23-4-2/h4,25H,2-3,5-24H2,1H3/t25-/m0/s1. The summed E-state index contributed by atoms with van der Waals surface area (Å²) in [6, 6.07) is -0.492. The van der Waals surface area contributed by atoms with Crippen LogP contribution in [0.4, 0.5) is 4.79 Å². The van der Waals surface area contributed by atoms with Crippen LogP contribution >= 0.6 is 0 Å². The third-order valence-electron chi connectivity index (χ3n) is 6.33. The van der Waals surface area contributed by atoms with Gasteiger partial charge in [-0.25, -0.2) is 9.59 Å². The van der Waals surface area contributed by atoms with Crippen LogP contribution in [0.3, 0.4) is 0 Å². The molecule has 1 aliphatic heterocycles. The van der Waals surface area contributed by atoms with Crippen LogP contribution < -0.4 is 0 Å². The Hall–Kier alpha value is -1.52. The van der Waals surface area contributed by atoms with Crippen LogP contribution in [0.5, 0.6) is 0 Å². The van der Waals surface area contributed by atoms with Crippen LogP contribution in [0.25, 0.3) is 0 Å². The minimum Gasteiger partial charge on any atom is -0.464 e. The highest BCUT2D eigenvalue weighted by Crippen LogP contribution is 2.20. The zero-order valence-corrected chi connectivity index (χ0v) is 20.8. The molecular formula is C27H49NO4. The number of esters is 1. The molecule has 0 spiro atoms. The van der Waals surface area contributed by atoms with Crippen molar-refractivity contribution in [1.29, 1.82) is 0 Å². The first-order valence-electron chi connectivity index (χ1n) is 13.4. The van der Waals surface area contributed by atoms with Crippen LogP contribution in [0.1, 0.15) is 122 Å². The Morgan fingerprint density at radius 1 is 0.812 bits per heavy atom. The molecule has 1 amide bonds. The maximum absolute atomic E-state index is 12.3. The van der Waals surface area contributed by atoms with Crippen molar-refractivity contribution in [2.75, 3.05) is 19.8 Å². The Labute approximate surface area is 197 Å². The summed E-state index contributed by atoms with van der Waals surface area (Å²) < 4.78 is 10.5. The highest BCUT2D eigenvalue weighted by atomic mass is 16.6. The molecule has 0 saturated carbocycles. The van der Waals surface area contributed by atoms with Crippen molar-refractivity contribution >= 4 is 12.1 Å². The van der Waals surface area contributed by atoms with E-state index < -0.39 is 12.1 Å². The first-order chi connectivity index (χ1) is 15.7. The van der Waals surface area contributed by atoms with Crippen molar-refractivity contribution in [2.24, 2.45) is 0 Å². The summed E-state index contributed by atoms with van der Waals surface area (Å²) in [5.74, 6) is -0.293. The van der Waals surface area contributed by atoms with E-state index in [0.29, 0.717) is 19.6 Å². The fraction of sp³-hybridized carbons (Fsp3) is 0.852. The molecule has 0 N–H and O–H groups in total. The summed E-state index contributed by atoms with van der Waals surface area (Å²) in [6.45, 7) is 6.97. The molecule has 1 fully saturated rings. The number of carbonyl (C=O) groups is 2. The van der Waals surface area contributed by atoms with E-state index in [1.54, 1.807) is 0 Å². The number of unbranched alkanes of at least 4 members (excludes halogenated alkanes) is 15. The Bertz CT molecular complexity index is 494. The lowest BCUT2D eigenvalue weighted by atomic mass is 10.0. The second-order valence-electron chi connectivity index (χ2n) is 9.19. The summed E-state index contributed by atoms with van der Waals surface area (Å²) in [5, 5.41) is 0. The van der Waals surface area contributed by atoms with Gasteiger partial charge < -0.3 is 9.47 Å². The predicted octanol–water partition coefficient (Wildman–Crippen LogP) is 7.58. The smallest absolute Gasteiger partial charge is 0.410 e. The molecule has 1 saturated heterocycles. The van der Waals surface area contributed by atoms with E-state index in [2.05, 4.69) is 13.5 Å². The van der Waals surface area contributed by atoms with Crippen molar-refractivity contribution in [3.8, 4) is 0 Å². The molecule has 0 aromatic rings. The number of likely N-dealkylation sites (tertiary alicyclic amines) is 1. The van der Waals surface area contributed by atoms with Gasteiger partial charge in [0.25, 0.3) is 0 Å². The molecule has 32 heavy (non-hydrogen) atoms. The van der Waals surface area contributed by atoms with E-state index in [4.69, 9.17) is 9.47 Å². The normalized spacial score (nSPS) is 15.7. The molecule has 0 aromatic carbocycles. The largest absolute Gasteiger partial charge is 0.464 e. The summed E-state index contributed by atoms with van der Waals surface area (Å²) in [7, 11) is 0. The quantitative estimate of drug-likeness (QED) is 0.109. The lowest BCUT2D eigenvalue weighted by Gasteiger charge is -2.22. The topological polar surface area (TPSA) is 55.8 Å². The second-order valence-corrected chi connectivity index (χ2v) is 9.19. The average molecular weight is 452 g/mol. The summed E-state index contributed by atoms with van der Waals surface area (Å²) in [5.41, 5.74) is 0. The van der Waals surface area contributed by atoms with Gasteiger partial charge in [-0.05, 0) is 19.3 Å². The van der Waals surface area contributed by atoms with Gasteiger partial charge in [-0.2, -0.15) is 0 Å². The number of rotatable bonds is 20. The van der Waals surface area contributed by atoms with Gasteiger partial charge in [-0.3, -0.25) is 4.90 Å². The van der Waals surface area contributed by atoms with Crippen molar-refractivity contribution < 1.29 is 19.1 Å². The van der Waals surface area contributed by atoms with Crippen LogP contribution in [0.15, 0.2) is 12.7 Å². The molecule has 1 atom stereocenters. The van der Waals surface area contributed by atoms with Crippen molar-refractivity contribution in [3.05, 3.63) is 12.7 Å². The summed E-state index contributed by atoms with van der Waals surface area (Å²) >= 11 is 0. The fourth-order valence-electron chi connectivity index (χ4n) is 4.36. The molecule has 186 valence electrons. The van der Waals surface area contributed by atoms with Crippen LogP contribution in [-0.2, 0) is 14.3 Å². The van der Waals surface area contributed by atoms with Crippen LogP contribution in [0, 0.1) is 0 Å². The zero-order valence-electron chi connectivity index (χ0n) is 20.8. The highest BCUT2D eigenvalue weighted by molar-refractivity contribution is 5.82. The number of carbonyl (C=O) groups excluding carboxylic acids is 2. The van der Waals surface area contributed by atoms with E-state index >= 15 is 0 Å². The van der Waals surface area contributed by atoms with Gasteiger partial charge in [0, 0.05) is 6.54 Å². The number of amides is 1. The molecule has 5 nitrogen and oxygen atoms in total. The average Bonchev–Trinajstić information content (AvgIpc) is 3.29. The third kappa shape index (κ3) is 13.8. The van der Waals surface area contributed by atoms with Gasteiger partial charge in [-0.1, -0.05) is 116 Å². The lowest BCUT2D eigenvalue weighted by Crippen LogP contribution is -2.41. The molecular weight excluding hydrogens is 402 g/mol. The number of hydrogen-bond acceptors (Lipinski definition) is 4. The van der Waals surface area contributed by atoms with E-state index in [0.717, 1.165) is 19.3 Å². The first-order valence-corrected chi connectivity index (χ1v) is 13.4. The van der Waals surface area contributed by atoms with Gasteiger partial charge >= 0.3 is 12.1 Å². The first kappa shape index (κ1) is 28.5. The summed E-state index contributed by atoms with van der Waals surface area (Å²) in [6.07, 6.45) is 23.7. The maximum atomic E-state index is 12.3. The van der Waals surface area contributed by atoms with Crippen molar-refractivity contribution in [1.82, 2.24) is 4.90 Å². The third-order valence-corrected chi connectivity index (χ3v) is 6.33. The molecule has 0 unspecified atom stereocenters. The fourth-order valence-corrected chi connectivity index (χ4v) is 4.36. The van der Waals surface area contributed by atoms with E-state index in [1.807, 2.05) is 0 Å². The van der Waals surface area contributed by atoms with E-state index in [9.17, 15) is 9.59 Å². The molecule has 1 aliphatic rings. The Balaban J connectivity index is 1.89. The number of nitrogens with zero attached hydrogens (tertiary/aromatic N) is 1. The van der Waals surface area contributed by atoms with Crippen LogP contribution in [0.2, 0.25) is 0 Å². The Morgan fingerprint density at radius 2 is 1.31 bits per heavy atom. The minimum absolute atomic E-state index is 0.163. The van der Waals surface area contributed by atoms with Gasteiger partial charge in [0.15, 0.2) is 0 Å². The molecule has 0 aliphatic carbocycles. The van der Waals surface area contributed by atoms with Gasteiger partial charge in [0.05, 0.1) is 6.61 Å². The predicted molar refractivity (Wildman–Crippen MR) is 132 cm³/mol. The van der Waals surface area contributed by atoms with Crippen LogP contribution in [-0.4, -0.2) is 42.8 Å². The van der Waals surface area contributed by atoms with E-state index in [1.165, 1.54) is 101 Å². The van der Waals surface area contributed by atoms with Gasteiger partial charge in [-0.15, -0.1) is 0 Å². The SMILES string of the molecule is C=CCOC(=O)N1CCC[C@H]1C(=O)OCCCCCCCCCCCCCCCCCC. The maximum Gasteiger partial charge on any atom is 0.410 e. The molecule has 1 heterocycles. The molecule has 0 bridgehead atoms. The van der Waals surface area contributed by atoms with Crippen molar-refractivity contribution in [3.63, 3.8) is 0 Å². The lowest BCUT2D eigenvalue weighted by molar-refractivity contribution is -0.148. The monoisotopic (exact) mass is 451 g/mol. The molecule has 0 radical (unpaired) electrons. The number of hydrogen-bond donors (Lipinski definition) is 0. The number of ether oxygens (including phenoxy) is 2. The molecule has 1 rings (SSSR count). The second kappa shape index (κ2) is 20.1. The Kier molecular flexibility index (Phi) is 17.9. The minimum atomic E-state index is -0.492. The van der Waals surface area contributed by atoms with Crippen molar-refractivity contribution in [2.45, 2.75) is 129 Å². The molecule has 0 aromatic heterocycles. The van der Waals surface area contributed by atoms with Gasteiger partial charge in [0.2, 0.25) is 0 Å².